The van der Waals surface area contributed by atoms with Gasteiger partial charge in [-0.1, -0.05) is 28.9 Å². The highest BCUT2D eigenvalue weighted by Crippen LogP contribution is 2.35. The van der Waals surface area contributed by atoms with Crippen LogP contribution in [0.2, 0.25) is 0 Å². The van der Waals surface area contributed by atoms with Crippen LogP contribution in [0.5, 0.6) is 0 Å². The Labute approximate surface area is 132 Å². The summed E-state index contributed by atoms with van der Waals surface area (Å²) in [6.45, 7) is 6.59. The fourth-order valence-electron chi connectivity index (χ4n) is 2.69. The Morgan fingerprint density at radius 1 is 1.14 bits per heavy atom. The molecule has 1 aromatic rings. The second kappa shape index (κ2) is 7.01. The van der Waals surface area contributed by atoms with E-state index in [1.54, 1.807) is 12.1 Å². The van der Waals surface area contributed by atoms with Crippen LogP contribution in [0.3, 0.4) is 0 Å². The lowest BCUT2D eigenvalue weighted by Crippen LogP contribution is -2.46. The third-order valence-electron chi connectivity index (χ3n) is 3.82. The van der Waals surface area contributed by atoms with Crippen molar-refractivity contribution in [1.82, 2.24) is 4.90 Å². The van der Waals surface area contributed by atoms with Crippen molar-refractivity contribution in [2.45, 2.75) is 24.9 Å². The van der Waals surface area contributed by atoms with Crippen molar-refractivity contribution in [2.75, 3.05) is 37.6 Å². The quantitative estimate of drug-likeness (QED) is 0.741. The summed E-state index contributed by atoms with van der Waals surface area (Å²) in [5.41, 5.74) is 0.423. The molecule has 6 heteroatoms. The third-order valence-corrected chi connectivity index (χ3v) is 4.42. The Hall–Kier alpha value is -0.750. The number of piperazine rings is 1. The van der Waals surface area contributed by atoms with E-state index < -0.39 is 11.7 Å². The number of anilines is 1. The average Bonchev–Trinajstić information content (AvgIpc) is 2.47. The van der Waals surface area contributed by atoms with Crippen LogP contribution >= 0.6 is 15.9 Å². The number of alkyl halides is 4. The molecule has 0 N–H and O–H groups in total. The van der Waals surface area contributed by atoms with Gasteiger partial charge in [-0.3, -0.25) is 4.90 Å². The van der Waals surface area contributed by atoms with Gasteiger partial charge in [0.05, 0.1) is 5.56 Å². The van der Waals surface area contributed by atoms with E-state index in [1.165, 1.54) is 6.07 Å². The monoisotopic (exact) mass is 364 g/mol. The van der Waals surface area contributed by atoms with Crippen LogP contribution in [-0.2, 0) is 11.5 Å². The van der Waals surface area contributed by atoms with Gasteiger partial charge in [-0.2, -0.15) is 13.2 Å². The Kier molecular flexibility index (Phi) is 5.54. The zero-order chi connectivity index (χ0) is 15.5. The molecule has 1 fully saturated rings. The highest BCUT2D eigenvalue weighted by Gasteiger charge is 2.33. The van der Waals surface area contributed by atoms with Crippen molar-refractivity contribution < 1.29 is 13.2 Å². The highest BCUT2D eigenvalue weighted by atomic mass is 79.9. The number of rotatable bonds is 4. The number of benzene rings is 1. The summed E-state index contributed by atoms with van der Waals surface area (Å²) >= 11 is 3.13. The van der Waals surface area contributed by atoms with Crippen LogP contribution in [0.1, 0.15) is 24.5 Å². The molecule has 1 aliphatic rings. The van der Waals surface area contributed by atoms with E-state index in [9.17, 15) is 13.2 Å². The number of hydrogen-bond donors (Lipinski definition) is 0. The standard InChI is InChI=1S/C15H20BrF3N2/c1-2-5-20-6-8-21(9-7-20)13-4-3-12(11-16)14(10-13)15(17,18)19/h3-4,10H,2,5-9,11H2,1H3. The second-order valence-electron chi connectivity index (χ2n) is 5.30. The molecule has 0 radical (unpaired) electrons. The van der Waals surface area contributed by atoms with Gasteiger partial charge in [-0.05, 0) is 30.7 Å². The van der Waals surface area contributed by atoms with Gasteiger partial charge in [0.2, 0.25) is 0 Å². The molecule has 0 saturated carbocycles. The van der Waals surface area contributed by atoms with Gasteiger partial charge in [0, 0.05) is 37.2 Å². The van der Waals surface area contributed by atoms with E-state index >= 15 is 0 Å². The molecule has 1 aliphatic heterocycles. The maximum absolute atomic E-state index is 13.1. The normalized spacial score (nSPS) is 17.3. The predicted molar refractivity (Wildman–Crippen MR) is 83.0 cm³/mol. The fourth-order valence-corrected chi connectivity index (χ4v) is 3.18. The molecule has 1 saturated heterocycles. The van der Waals surface area contributed by atoms with Crippen LogP contribution in [-0.4, -0.2) is 37.6 Å². The van der Waals surface area contributed by atoms with Crippen LogP contribution in [0.4, 0.5) is 18.9 Å². The molecular weight excluding hydrogens is 345 g/mol. The minimum absolute atomic E-state index is 0.215. The molecule has 21 heavy (non-hydrogen) atoms. The fraction of sp³-hybridized carbons (Fsp3) is 0.600. The third kappa shape index (κ3) is 4.13. The summed E-state index contributed by atoms with van der Waals surface area (Å²) in [5.74, 6) is 0. The molecule has 0 amide bonds. The van der Waals surface area contributed by atoms with Crippen molar-refractivity contribution in [2.24, 2.45) is 0 Å². The first-order chi connectivity index (χ1) is 9.95. The number of nitrogens with zero attached hydrogens (tertiary/aromatic N) is 2. The lowest BCUT2D eigenvalue weighted by atomic mass is 10.1. The van der Waals surface area contributed by atoms with Crippen molar-refractivity contribution in [1.29, 1.82) is 0 Å². The lowest BCUT2D eigenvalue weighted by molar-refractivity contribution is -0.138. The predicted octanol–water partition coefficient (Wildman–Crippen LogP) is 4.13. The topological polar surface area (TPSA) is 6.48 Å². The minimum atomic E-state index is -4.30. The van der Waals surface area contributed by atoms with Gasteiger partial charge >= 0.3 is 6.18 Å². The summed E-state index contributed by atoms with van der Waals surface area (Å²) in [7, 11) is 0. The zero-order valence-corrected chi connectivity index (χ0v) is 13.7. The molecule has 0 aliphatic carbocycles. The lowest BCUT2D eigenvalue weighted by Gasteiger charge is -2.36. The first kappa shape index (κ1) is 16.6. The highest BCUT2D eigenvalue weighted by molar-refractivity contribution is 9.08. The molecule has 0 atom stereocenters. The first-order valence-corrected chi connectivity index (χ1v) is 8.31. The Bertz CT molecular complexity index is 468. The van der Waals surface area contributed by atoms with Crippen LogP contribution < -0.4 is 4.90 Å². The number of hydrogen-bond acceptors (Lipinski definition) is 2. The minimum Gasteiger partial charge on any atom is -0.369 e. The molecule has 0 bridgehead atoms. The van der Waals surface area contributed by atoms with Crippen LogP contribution in [0, 0.1) is 0 Å². The SMILES string of the molecule is CCCN1CCN(c2ccc(CBr)c(C(F)(F)F)c2)CC1. The molecule has 0 spiro atoms. The molecule has 1 heterocycles. The van der Waals surface area contributed by atoms with Crippen molar-refractivity contribution in [3.05, 3.63) is 29.3 Å². The molecule has 2 nitrogen and oxygen atoms in total. The van der Waals surface area contributed by atoms with Gasteiger partial charge in [0.15, 0.2) is 0 Å². The summed E-state index contributed by atoms with van der Waals surface area (Å²) in [6.07, 6.45) is -3.19. The Morgan fingerprint density at radius 2 is 1.81 bits per heavy atom. The van der Waals surface area contributed by atoms with Crippen LogP contribution in [0.15, 0.2) is 18.2 Å². The summed E-state index contributed by atoms with van der Waals surface area (Å²) in [5, 5.41) is 0.215. The van der Waals surface area contributed by atoms with Gasteiger partial charge in [0.1, 0.15) is 0 Å². The maximum Gasteiger partial charge on any atom is 0.416 e. The largest absolute Gasteiger partial charge is 0.416 e. The van der Waals surface area contributed by atoms with E-state index in [4.69, 9.17) is 0 Å². The molecule has 2 rings (SSSR count). The summed E-state index contributed by atoms with van der Waals surface area (Å²) in [4.78, 5) is 4.40. The van der Waals surface area contributed by atoms with Crippen LogP contribution in [0.25, 0.3) is 0 Å². The zero-order valence-electron chi connectivity index (χ0n) is 12.1. The maximum atomic E-state index is 13.1. The van der Waals surface area contributed by atoms with E-state index in [0.29, 0.717) is 5.69 Å². The van der Waals surface area contributed by atoms with Gasteiger partial charge in [-0.15, -0.1) is 0 Å². The Morgan fingerprint density at radius 3 is 2.33 bits per heavy atom. The van der Waals surface area contributed by atoms with Crippen molar-refractivity contribution in [3.8, 4) is 0 Å². The average molecular weight is 365 g/mol. The van der Waals surface area contributed by atoms with E-state index in [1.807, 2.05) is 4.90 Å². The van der Waals surface area contributed by atoms with Gasteiger partial charge < -0.3 is 4.90 Å². The number of halogens is 4. The molecular formula is C15H20BrF3N2. The van der Waals surface area contributed by atoms with Gasteiger partial charge in [-0.25, -0.2) is 0 Å². The van der Waals surface area contributed by atoms with Crippen molar-refractivity contribution in [3.63, 3.8) is 0 Å². The smallest absolute Gasteiger partial charge is 0.369 e. The first-order valence-electron chi connectivity index (χ1n) is 7.19. The molecule has 0 aromatic heterocycles. The van der Waals surface area contributed by atoms with Crippen molar-refractivity contribution >= 4 is 21.6 Å². The van der Waals surface area contributed by atoms with E-state index in [0.717, 1.165) is 39.1 Å². The summed E-state index contributed by atoms with van der Waals surface area (Å²) < 4.78 is 39.3. The summed E-state index contributed by atoms with van der Waals surface area (Å²) in [6, 6.07) is 4.65. The molecule has 118 valence electrons. The second-order valence-corrected chi connectivity index (χ2v) is 5.86. The Balaban J connectivity index is 2.15. The molecule has 0 unspecified atom stereocenters. The molecule has 1 aromatic carbocycles. The van der Waals surface area contributed by atoms with Gasteiger partial charge in [0.25, 0.3) is 0 Å². The van der Waals surface area contributed by atoms with E-state index in [2.05, 4.69) is 27.8 Å². The van der Waals surface area contributed by atoms with E-state index in [-0.39, 0.29) is 10.9 Å².